The molecule has 0 bridgehead atoms. The lowest BCUT2D eigenvalue weighted by Crippen LogP contribution is -2.42. The summed E-state index contributed by atoms with van der Waals surface area (Å²) in [6.07, 6.45) is 1.80. The van der Waals surface area contributed by atoms with E-state index >= 15 is 0 Å². The van der Waals surface area contributed by atoms with Gasteiger partial charge in [-0.1, -0.05) is 42.5 Å². The Morgan fingerprint density at radius 2 is 1.73 bits per heavy atom. The summed E-state index contributed by atoms with van der Waals surface area (Å²) in [5, 5.41) is 5.80. The number of amides is 3. The molecular formula is C24H27N3O3. The van der Waals surface area contributed by atoms with E-state index in [1.807, 2.05) is 74.5 Å². The predicted molar refractivity (Wildman–Crippen MR) is 117 cm³/mol. The molecule has 0 aliphatic heterocycles. The first-order valence-electron chi connectivity index (χ1n) is 10.0. The number of carbonyl (C=O) groups is 2. The minimum atomic E-state index is -0.173. The van der Waals surface area contributed by atoms with E-state index in [2.05, 4.69) is 10.6 Å². The standard InChI is InChI=1S/C24H27N3O3/c1-18(2)26-24(29)27(17-19-8-4-3-5-9-19)21-11-6-10-20(14-21)15-23(28)25-16-22-12-7-13-30-22/h3-14,18H,15-17H2,1-2H3,(H,25,28)(H,26,29). The molecule has 3 amide bonds. The van der Waals surface area contributed by atoms with Crippen molar-refractivity contribution in [3.8, 4) is 0 Å². The average molecular weight is 405 g/mol. The topological polar surface area (TPSA) is 74.6 Å². The summed E-state index contributed by atoms with van der Waals surface area (Å²) in [5.74, 6) is 0.598. The van der Waals surface area contributed by atoms with E-state index in [9.17, 15) is 9.59 Å². The molecule has 2 aromatic carbocycles. The number of nitrogens with one attached hydrogen (secondary N) is 2. The molecule has 0 atom stereocenters. The van der Waals surface area contributed by atoms with Crippen LogP contribution in [0.25, 0.3) is 0 Å². The van der Waals surface area contributed by atoms with Crippen LogP contribution in [0.15, 0.2) is 77.4 Å². The van der Waals surface area contributed by atoms with E-state index in [1.165, 1.54) is 0 Å². The molecule has 156 valence electrons. The molecule has 0 fully saturated rings. The Bertz CT molecular complexity index is 953. The summed E-state index contributed by atoms with van der Waals surface area (Å²) in [7, 11) is 0. The maximum Gasteiger partial charge on any atom is 0.322 e. The molecule has 1 aromatic heterocycles. The Morgan fingerprint density at radius 3 is 2.43 bits per heavy atom. The van der Waals surface area contributed by atoms with E-state index < -0.39 is 0 Å². The monoisotopic (exact) mass is 405 g/mol. The van der Waals surface area contributed by atoms with Crippen LogP contribution in [-0.4, -0.2) is 18.0 Å². The van der Waals surface area contributed by atoms with Gasteiger partial charge in [0.25, 0.3) is 0 Å². The number of hydrogen-bond donors (Lipinski definition) is 2. The van der Waals surface area contributed by atoms with Crippen LogP contribution in [0.1, 0.15) is 30.7 Å². The summed E-state index contributed by atoms with van der Waals surface area (Å²) in [6.45, 7) is 4.65. The fourth-order valence-electron chi connectivity index (χ4n) is 3.05. The SMILES string of the molecule is CC(C)NC(=O)N(Cc1ccccc1)c1cccc(CC(=O)NCc2ccco2)c1. The number of nitrogens with zero attached hydrogens (tertiary/aromatic N) is 1. The number of furan rings is 1. The highest BCUT2D eigenvalue weighted by Gasteiger charge is 2.18. The maximum atomic E-state index is 12.9. The fourth-order valence-corrected chi connectivity index (χ4v) is 3.05. The number of urea groups is 1. The zero-order chi connectivity index (χ0) is 21.3. The van der Waals surface area contributed by atoms with Gasteiger partial charge in [0, 0.05) is 11.7 Å². The lowest BCUT2D eigenvalue weighted by Gasteiger charge is -2.25. The molecule has 0 spiro atoms. The smallest absolute Gasteiger partial charge is 0.322 e. The first-order valence-corrected chi connectivity index (χ1v) is 10.0. The van der Waals surface area contributed by atoms with Crippen LogP contribution in [0.4, 0.5) is 10.5 Å². The van der Waals surface area contributed by atoms with Gasteiger partial charge in [-0.15, -0.1) is 0 Å². The van der Waals surface area contributed by atoms with Gasteiger partial charge in [0.1, 0.15) is 5.76 Å². The summed E-state index contributed by atoms with van der Waals surface area (Å²) in [6, 6.07) is 20.8. The summed E-state index contributed by atoms with van der Waals surface area (Å²) >= 11 is 0. The Morgan fingerprint density at radius 1 is 0.967 bits per heavy atom. The van der Waals surface area contributed by atoms with Gasteiger partial charge in [-0.3, -0.25) is 9.69 Å². The molecule has 0 saturated carbocycles. The molecule has 0 aliphatic rings. The van der Waals surface area contributed by atoms with Gasteiger partial charge in [0.05, 0.1) is 25.8 Å². The van der Waals surface area contributed by atoms with Gasteiger partial charge < -0.3 is 15.1 Å². The zero-order valence-electron chi connectivity index (χ0n) is 17.3. The highest BCUT2D eigenvalue weighted by molar-refractivity contribution is 5.92. The number of hydrogen-bond acceptors (Lipinski definition) is 3. The normalized spacial score (nSPS) is 10.6. The van der Waals surface area contributed by atoms with Crippen LogP contribution < -0.4 is 15.5 Å². The highest BCUT2D eigenvalue weighted by Crippen LogP contribution is 2.20. The van der Waals surface area contributed by atoms with Gasteiger partial charge in [-0.2, -0.15) is 0 Å². The Kier molecular flexibility index (Phi) is 7.27. The van der Waals surface area contributed by atoms with Crippen molar-refractivity contribution in [1.29, 1.82) is 0 Å². The second-order valence-corrected chi connectivity index (χ2v) is 7.38. The average Bonchev–Trinajstić information content (AvgIpc) is 3.24. The first-order chi connectivity index (χ1) is 14.5. The summed E-state index contributed by atoms with van der Waals surface area (Å²) in [4.78, 5) is 26.9. The molecule has 1 heterocycles. The minimum Gasteiger partial charge on any atom is -0.467 e. The molecule has 0 unspecified atom stereocenters. The summed E-state index contributed by atoms with van der Waals surface area (Å²) < 4.78 is 5.23. The van der Waals surface area contributed by atoms with E-state index in [0.717, 1.165) is 16.8 Å². The Hall–Kier alpha value is -3.54. The molecule has 2 N–H and O–H groups in total. The molecular weight excluding hydrogens is 378 g/mol. The summed E-state index contributed by atoms with van der Waals surface area (Å²) in [5.41, 5.74) is 2.60. The Labute approximate surface area is 176 Å². The van der Waals surface area contributed by atoms with Crippen LogP contribution >= 0.6 is 0 Å². The highest BCUT2D eigenvalue weighted by atomic mass is 16.3. The number of carbonyl (C=O) groups excluding carboxylic acids is 2. The lowest BCUT2D eigenvalue weighted by molar-refractivity contribution is -0.120. The molecule has 30 heavy (non-hydrogen) atoms. The first kappa shape index (κ1) is 21.2. The van der Waals surface area contributed by atoms with Crippen molar-refractivity contribution in [2.45, 2.75) is 39.4 Å². The van der Waals surface area contributed by atoms with Crippen LogP contribution in [0, 0.1) is 0 Å². The Balaban J connectivity index is 1.73. The van der Waals surface area contributed by atoms with Crippen LogP contribution in [0.5, 0.6) is 0 Å². The fraction of sp³-hybridized carbons (Fsp3) is 0.250. The van der Waals surface area contributed by atoms with E-state index in [-0.39, 0.29) is 24.4 Å². The van der Waals surface area contributed by atoms with Gasteiger partial charge in [0.15, 0.2) is 0 Å². The van der Waals surface area contributed by atoms with Crippen molar-refractivity contribution in [3.63, 3.8) is 0 Å². The van der Waals surface area contributed by atoms with Crippen molar-refractivity contribution < 1.29 is 14.0 Å². The van der Waals surface area contributed by atoms with Crippen molar-refractivity contribution >= 4 is 17.6 Å². The molecule has 6 heteroatoms. The predicted octanol–water partition coefficient (Wildman–Crippen LogP) is 4.26. The van der Waals surface area contributed by atoms with Crippen LogP contribution in [-0.2, 0) is 24.3 Å². The van der Waals surface area contributed by atoms with Gasteiger partial charge in [-0.25, -0.2) is 4.79 Å². The van der Waals surface area contributed by atoms with Gasteiger partial charge in [0.2, 0.25) is 5.91 Å². The van der Waals surface area contributed by atoms with E-state index in [1.54, 1.807) is 17.2 Å². The van der Waals surface area contributed by atoms with Crippen molar-refractivity contribution in [2.24, 2.45) is 0 Å². The molecule has 6 nitrogen and oxygen atoms in total. The van der Waals surface area contributed by atoms with Crippen molar-refractivity contribution in [2.75, 3.05) is 4.90 Å². The van der Waals surface area contributed by atoms with Crippen LogP contribution in [0.2, 0.25) is 0 Å². The number of rotatable bonds is 8. The lowest BCUT2D eigenvalue weighted by atomic mass is 10.1. The quantitative estimate of drug-likeness (QED) is 0.588. The van der Waals surface area contributed by atoms with Crippen LogP contribution in [0.3, 0.4) is 0 Å². The largest absolute Gasteiger partial charge is 0.467 e. The number of benzene rings is 2. The van der Waals surface area contributed by atoms with Crippen molar-refractivity contribution in [3.05, 3.63) is 89.9 Å². The second-order valence-electron chi connectivity index (χ2n) is 7.38. The molecule has 3 aromatic rings. The van der Waals surface area contributed by atoms with Gasteiger partial charge >= 0.3 is 6.03 Å². The van der Waals surface area contributed by atoms with Crippen molar-refractivity contribution in [1.82, 2.24) is 10.6 Å². The molecule has 0 saturated heterocycles. The third kappa shape index (κ3) is 6.24. The van der Waals surface area contributed by atoms with E-state index in [4.69, 9.17) is 4.42 Å². The van der Waals surface area contributed by atoms with Gasteiger partial charge in [-0.05, 0) is 49.2 Å². The third-order valence-electron chi connectivity index (χ3n) is 4.47. The molecule has 0 aliphatic carbocycles. The minimum absolute atomic E-state index is 0.0198. The van der Waals surface area contributed by atoms with E-state index in [0.29, 0.717) is 18.8 Å². The second kappa shape index (κ2) is 10.3. The molecule has 3 rings (SSSR count). The zero-order valence-corrected chi connectivity index (χ0v) is 17.3. The molecule has 0 radical (unpaired) electrons. The number of anilines is 1. The maximum absolute atomic E-state index is 12.9. The third-order valence-corrected chi connectivity index (χ3v) is 4.47.